The first-order valence-corrected chi connectivity index (χ1v) is 6.00. The molecule has 1 aromatic heterocycles. The van der Waals surface area contributed by atoms with Crippen LogP contribution >= 0.6 is 22.9 Å². The summed E-state index contributed by atoms with van der Waals surface area (Å²) in [4.78, 5) is 1.07. The van der Waals surface area contributed by atoms with E-state index in [1.807, 2.05) is 36.4 Å². The van der Waals surface area contributed by atoms with Crippen LogP contribution < -0.4 is 4.74 Å². The summed E-state index contributed by atoms with van der Waals surface area (Å²) in [7, 11) is 1.66. The first-order valence-electron chi connectivity index (χ1n) is 4.80. The number of halogens is 1. The smallest absolute Gasteiger partial charge is 0.173 e. The molecule has 1 aromatic carbocycles. The molecule has 0 aliphatic heterocycles. The van der Waals surface area contributed by atoms with E-state index in [2.05, 4.69) is 6.58 Å². The minimum atomic E-state index is 0.722. The van der Waals surface area contributed by atoms with Gasteiger partial charge in [0.15, 0.2) is 5.06 Å². The Hall–Kier alpha value is -1.25. The molecule has 0 atom stereocenters. The average molecular weight is 251 g/mol. The molecule has 0 bridgehead atoms. The maximum absolute atomic E-state index is 6.12. The van der Waals surface area contributed by atoms with E-state index in [4.69, 9.17) is 16.3 Å². The molecule has 82 valence electrons. The van der Waals surface area contributed by atoms with E-state index in [0.29, 0.717) is 0 Å². The molecule has 0 saturated carbocycles. The highest BCUT2D eigenvalue weighted by Crippen LogP contribution is 2.34. The van der Waals surface area contributed by atoms with Gasteiger partial charge in [-0.15, -0.1) is 0 Å². The molecule has 0 radical (unpaired) electrons. The average Bonchev–Trinajstić information content (AvgIpc) is 2.77. The third-order valence-electron chi connectivity index (χ3n) is 2.28. The van der Waals surface area contributed by atoms with E-state index in [1.54, 1.807) is 18.4 Å². The molecule has 0 saturated heterocycles. The van der Waals surface area contributed by atoms with Gasteiger partial charge < -0.3 is 4.74 Å². The van der Waals surface area contributed by atoms with Crippen LogP contribution in [0.4, 0.5) is 0 Å². The summed E-state index contributed by atoms with van der Waals surface area (Å²) in [6.45, 7) is 4.07. The Morgan fingerprint density at radius 1 is 1.25 bits per heavy atom. The Bertz CT molecular complexity index is 516. The fraction of sp³-hybridized carbons (Fsp3) is 0.0769. The Balaban J connectivity index is 2.35. The summed E-state index contributed by atoms with van der Waals surface area (Å²) in [5.74, 6) is 0. The Morgan fingerprint density at radius 3 is 2.62 bits per heavy atom. The van der Waals surface area contributed by atoms with Gasteiger partial charge in [-0.3, -0.25) is 0 Å². The maximum Gasteiger partial charge on any atom is 0.173 e. The lowest BCUT2D eigenvalue weighted by Crippen LogP contribution is -1.83. The van der Waals surface area contributed by atoms with Crippen molar-refractivity contribution in [3.8, 4) is 5.06 Å². The van der Waals surface area contributed by atoms with Gasteiger partial charge in [-0.2, -0.15) is 0 Å². The van der Waals surface area contributed by atoms with Crippen LogP contribution in [0.5, 0.6) is 5.06 Å². The topological polar surface area (TPSA) is 9.23 Å². The molecule has 0 spiro atoms. The molecule has 3 heteroatoms. The number of thiophene rings is 1. The highest BCUT2D eigenvalue weighted by atomic mass is 35.5. The molecule has 2 rings (SSSR count). The summed E-state index contributed by atoms with van der Waals surface area (Å²) >= 11 is 7.69. The second-order valence-electron chi connectivity index (χ2n) is 3.28. The summed E-state index contributed by atoms with van der Waals surface area (Å²) in [5, 5.41) is 1.60. The molecule has 0 unspecified atom stereocenters. The van der Waals surface area contributed by atoms with Gasteiger partial charge in [0, 0.05) is 15.5 Å². The lowest BCUT2D eigenvalue weighted by Gasteiger charge is -2.05. The predicted octanol–water partition coefficient (Wildman–Crippen LogP) is 4.47. The zero-order valence-electron chi connectivity index (χ0n) is 8.87. The maximum atomic E-state index is 6.12. The molecule has 0 aliphatic carbocycles. The number of benzene rings is 1. The molecule has 0 fully saturated rings. The molecule has 0 amide bonds. The molecule has 0 aliphatic rings. The lowest BCUT2D eigenvalue weighted by molar-refractivity contribution is 0.427. The zero-order chi connectivity index (χ0) is 11.5. The van der Waals surface area contributed by atoms with Crippen molar-refractivity contribution in [3.05, 3.63) is 58.4 Å². The van der Waals surface area contributed by atoms with E-state index in [9.17, 15) is 0 Å². The van der Waals surface area contributed by atoms with Gasteiger partial charge in [0.05, 0.1) is 7.11 Å². The Labute approximate surface area is 104 Å². The van der Waals surface area contributed by atoms with E-state index in [0.717, 1.165) is 26.1 Å². The summed E-state index contributed by atoms with van der Waals surface area (Å²) in [5.41, 5.74) is 1.90. The van der Waals surface area contributed by atoms with Gasteiger partial charge in [0.1, 0.15) is 0 Å². The van der Waals surface area contributed by atoms with Crippen molar-refractivity contribution in [2.45, 2.75) is 0 Å². The van der Waals surface area contributed by atoms with Gasteiger partial charge in [0.2, 0.25) is 0 Å². The monoisotopic (exact) mass is 250 g/mol. The highest BCUT2D eigenvalue weighted by Gasteiger charge is 2.08. The first-order chi connectivity index (χ1) is 7.72. The Morgan fingerprint density at radius 2 is 2.00 bits per heavy atom. The number of rotatable bonds is 3. The quantitative estimate of drug-likeness (QED) is 0.781. The number of methoxy groups -OCH3 is 1. The van der Waals surface area contributed by atoms with E-state index in [1.165, 1.54) is 0 Å². The minimum absolute atomic E-state index is 0.722. The highest BCUT2D eigenvalue weighted by molar-refractivity contribution is 7.15. The van der Waals surface area contributed by atoms with Crippen molar-refractivity contribution < 1.29 is 4.74 Å². The number of hydrogen-bond acceptors (Lipinski definition) is 2. The van der Waals surface area contributed by atoms with Gasteiger partial charge in [0.25, 0.3) is 0 Å². The van der Waals surface area contributed by atoms with Gasteiger partial charge in [-0.1, -0.05) is 47.7 Å². The third-order valence-corrected chi connectivity index (χ3v) is 3.71. The fourth-order valence-electron chi connectivity index (χ4n) is 1.43. The normalized spacial score (nSPS) is 10.1. The second kappa shape index (κ2) is 4.73. The van der Waals surface area contributed by atoms with Crippen LogP contribution in [-0.4, -0.2) is 7.11 Å². The van der Waals surface area contributed by atoms with Crippen LogP contribution in [0.25, 0.3) is 5.57 Å². The minimum Gasteiger partial charge on any atom is -0.487 e. The van der Waals surface area contributed by atoms with E-state index in [-0.39, 0.29) is 0 Å². The van der Waals surface area contributed by atoms with E-state index >= 15 is 0 Å². The largest absolute Gasteiger partial charge is 0.487 e. The molecule has 1 heterocycles. The lowest BCUT2D eigenvalue weighted by atomic mass is 10.1. The molecule has 1 nitrogen and oxygen atoms in total. The van der Waals surface area contributed by atoms with E-state index < -0.39 is 0 Å². The summed E-state index contributed by atoms with van der Waals surface area (Å²) in [6, 6.07) is 11.6. The molecule has 2 aromatic rings. The predicted molar refractivity (Wildman–Crippen MR) is 70.5 cm³/mol. The molecule has 0 N–H and O–H groups in total. The fourth-order valence-corrected chi connectivity index (χ4v) is 2.49. The zero-order valence-corrected chi connectivity index (χ0v) is 10.4. The number of ether oxygens (including phenoxy) is 1. The standard InChI is InChI=1S/C13H11ClOS/c1-9(10-5-3-4-6-11(10)14)12-7-8-13(15-2)16-12/h3-8H,1H2,2H3. The SMILES string of the molecule is C=C(c1ccc(OC)s1)c1ccccc1Cl. The number of hydrogen-bond donors (Lipinski definition) is 0. The van der Waals surface area contributed by atoms with Crippen molar-refractivity contribution in [1.29, 1.82) is 0 Å². The van der Waals surface area contributed by atoms with Crippen LogP contribution in [0.15, 0.2) is 43.0 Å². The van der Waals surface area contributed by atoms with Crippen LogP contribution in [-0.2, 0) is 0 Å². The summed E-state index contributed by atoms with van der Waals surface area (Å²) < 4.78 is 5.16. The van der Waals surface area contributed by atoms with Crippen LogP contribution in [0.2, 0.25) is 5.02 Å². The Kier molecular flexibility index (Phi) is 3.32. The van der Waals surface area contributed by atoms with Crippen molar-refractivity contribution in [3.63, 3.8) is 0 Å². The first kappa shape index (κ1) is 11.2. The van der Waals surface area contributed by atoms with Crippen LogP contribution in [0, 0.1) is 0 Å². The van der Waals surface area contributed by atoms with Crippen molar-refractivity contribution in [2.24, 2.45) is 0 Å². The van der Waals surface area contributed by atoms with Crippen molar-refractivity contribution >= 4 is 28.5 Å². The molecular weight excluding hydrogens is 240 g/mol. The van der Waals surface area contributed by atoms with Crippen LogP contribution in [0.1, 0.15) is 10.4 Å². The molecular formula is C13H11ClOS. The molecule has 16 heavy (non-hydrogen) atoms. The third kappa shape index (κ3) is 2.13. The second-order valence-corrected chi connectivity index (χ2v) is 4.73. The van der Waals surface area contributed by atoms with Crippen LogP contribution in [0.3, 0.4) is 0 Å². The van der Waals surface area contributed by atoms with Gasteiger partial charge in [-0.05, 0) is 23.8 Å². The van der Waals surface area contributed by atoms with Gasteiger partial charge in [-0.25, -0.2) is 0 Å². The van der Waals surface area contributed by atoms with Gasteiger partial charge >= 0.3 is 0 Å². The van der Waals surface area contributed by atoms with Crippen molar-refractivity contribution in [1.82, 2.24) is 0 Å². The van der Waals surface area contributed by atoms with Crippen molar-refractivity contribution in [2.75, 3.05) is 7.11 Å². The summed E-state index contributed by atoms with van der Waals surface area (Å²) in [6.07, 6.45) is 0.